The van der Waals surface area contributed by atoms with Crippen LogP contribution >= 0.6 is 34.8 Å². The van der Waals surface area contributed by atoms with E-state index in [0.717, 1.165) is 46.5 Å². The molecule has 0 saturated carbocycles. The first kappa shape index (κ1) is 56.6. The van der Waals surface area contributed by atoms with E-state index in [4.69, 9.17) is 58.5 Å². The van der Waals surface area contributed by atoms with Gasteiger partial charge in [0.15, 0.2) is 19.7 Å². The van der Waals surface area contributed by atoms with E-state index >= 15 is 0 Å². The zero-order valence-corrected chi connectivity index (χ0v) is 44.5. The first-order chi connectivity index (χ1) is 34.0. The summed E-state index contributed by atoms with van der Waals surface area (Å²) in [7, 11) is -3.01. The largest absolute Gasteiger partial charge is 0.379 e. The zero-order chi connectivity index (χ0) is 51.0. The Kier molecular flexibility index (Phi) is 22.0. The van der Waals surface area contributed by atoms with Gasteiger partial charge in [-0.05, 0) is 121 Å². The minimum atomic E-state index is -3.55. The number of carbonyl (C=O) groups is 2. The van der Waals surface area contributed by atoms with Crippen molar-refractivity contribution >= 4 is 66.3 Å². The molecule has 2 N–H and O–H groups in total. The summed E-state index contributed by atoms with van der Waals surface area (Å²) in [6, 6.07) is 21.9. The van der Waals surface area contributed by atoms with Crippen molar-refractivity contribution in [2.24, 2.45) is 0 Å². The minimum absolute atomic E-state index is 0.00987. The van der Waals surface area contributed by atoms with Gasteiger partial charge in [-0.3, -0.25) is 9.59 Å². The first-order valence-electron chi connectivity index (χ1n) is 23.7. The molecule has 2 aliphatic heterocycles. The van der Waals surface area contributed by atoms with Crippen molar-refractivity contribution in [1.29, 1.82) is 0 Å². The lowest BCUT2D eigenvalue weighted by Crippen LogP contribution is -2.34. The summed E-state index contributed by atoms with van der Waals surface area (Å²) in [6.45, 7) is 6.92. The molecule has 0 aromatic heterocycles. The molecule has 71 heavy (non-hydrogen) atoms. The SMILES string of the molecule is Cc1cc(Cl)cc2c1CN(C)CC2c1cccc(S(=O)(=O)CCCOCCOCCNC(=O)COCC(=O)NCCOCCOCCCS(=O)(=O)c2cccc(C3CN(C)Cc4c(Cl)cc(Cl)cc43)c2)c1. The Balaban J connectivity index is 0.733. The zero-order valence-electron chi connectivity index (χ0n) is 40.6. The number of nitrogens with one attached hydrogen (secondary N) is 2. The minimum Gasteiger partial charge on any atom is -0.379 e. The summed E-state index contributed by atoms with van der Waals surface area (Å²) < 4.78 is 80.3. The molecule has 15 nitrogen and oxygen atoms in total. The molecule has 0 radical (unpaired) electrons. The highest BCUT2D eigenvalue weighted by Crippen LogP contribution is 2.40. The Morgan fingerprint density at radius 2 is 1.01 bits per heavy atom. The Morgan fingerprint density at radius 1 is 0.577 bits per heavy atom. The van der Waals surface area contributed by atoms with Gasteiger partial charge in [0, 0.05) is 79.4 Å². The molecule has 2 aliphatic rings. The third-order valence-corrected chi connectivity index (χ3v) is 16.6. The third kappa shape index (κ3) is 17.2. The number of carbonyl (C=O) groups excluding carboxylic acids is 2. The van der Waals surface area contributed by atoms with E-state index in [1.54, 1.807) is 42.5 Å². The molecule has 6 rings (SSSR count). The maximum absolute atomic E-state index is 13.3. The van der Waals surface area contributed by atoms with Crippen LogP contribution in [0.5, 0.6) is 0 Å². The highest BCUT2D eigenvalue weighted by atomic mass is 35.5. The van der Waals surface area contributed by atoms with Crippen molar-refractivity contribution in [3.63, 3.8) is 0 Å². The lowest BCUT2D eigenvalue weighted by Gasteiger charge is -2.34. The number of ether oxygens (including phenoxy) is 5. The summed E-state index contributed by atoms with van der Waals surface area (Å²) in [5.41, 5.74) is 7.34. The molecule has 0 spiro atoms. The van der Waals surface area contributed by atoms with Crippen LogP contribution < -0.4 is 10.6 Å². The molecular weight excluding hydrogens is 1020 g/mol. The predicted molar refractivity (Wildman–Crippen MR) is 275 cm³/mol. The van der Waals surface area contributed by atoms with E-state index in [-0.39, 0.29) is 107 Å². The van der Waals surface area contributed by atoms with Gasteiger partial charge >= 0.3 is 0 Å². The quantitative estimate of drug-likeness (QED) is 0.0594. The van der Waals surface area contributed by atoms with E-state index in [9.17, 15) is 26.4 Å². The second-order valence-corrected chi connectivity index (χ2v) is 23.4. The van der Waals surface area contributed by atoms with Crippen molar-refractivity contribution in [2.45, 2.75) is 54.5 Å². The number of fused-ring (bicyclic) bond motifs is 2. The molecule has 4 aromatic rings. The summed E-state index contributed by atoms with van der Waals surface area (Å²) in [5, 5.41) is 7.12. The van der Waals surface area contributed by atoms with Crippen molar-refractivity contribution in [2.75, 3.05) is 118 Å². The van der Waals surface area contributed by atoms with Crippen LogP contribution in [0.25, 0.3) is 0 Å². The lowest BCUT2D eigenvalue weighted by molar-refractivity contribution is -0.131. The Labute approximate surface area is 433 Å². The van der Waals surface area contributed by atoms with Gasteiger partial charge in [0.2, 0.25) is 11.8 Å². The van der Waals surface area contributed by atoms with Crippen LogP contribution in [-0.2, 0) is 66.0 Å². The molecule has 20 heteroatoms. The summed E-state index contributed by atoms with van der Waals surface area (Å²) in [5.74, 6) is -0.984. The molecule has 2 atom stereocenters. The fourth-order valence-corrected chi connectivity index (χ4v) is 12.3. The van der Waals surface area contributed by atoms with Crippen LogP contribution in [0.4, 0.5) is 0 Å². The maximum atomic E-state index is 13.3. The van der Waals surface area contributed by atoms with Crippen LogP contribution in [0.15, 0.2) is 82.6 Å². The van der Waals surface area contributed by atoms with Gasteiger partial charge in [0.25, 0.3) is 0 Å². The van der Waals surface area contributed by atoms with Crippen molar-refractivity contribution in [3.05, 3.63) is 127 Å². The average Bonchev–Trinajstić information content (AvgIpc) is 3.33. The number of sulfone groups is 2. The van der Waals surface area contributed by atoms with Gasteiger partial charge in [-0.25, -0.2) is 16.8 Å². The number of amides is 2. The van der Waals surface area contributed by atoms with Crippen LogP contribution in [-0.4, -0.2) is 156 Å². The van der Waals surface area contributed by atoms with E-state index in [1.165, 1.54) is 5.56 Å². The Morgan fingerprint density at radius 3 is 1.51 bits per heavy atom. The van der Waals surface area contributed by atoms with Crippen LogP contribution in [0.1, 0.15) is 63.6 Å². The number of benzene rings is 4. The topological polar surface area (TPSA) is 179 Å². The normalized spacial score (nSPS) is 16.4. The van der Waals surface area contributed by atoms with Gasteiger partial charge < -0.3 is 44.1 Å². The molecule has 2 amide bonds. The second kappa shape index (κ2) is 27.6. The number of hydrogen-bond acceptors (Lipinski definition) is 13. The monoisotopic (exact) mass is 1080 g/mol. The fraction of sp³-hybridized carbons (Fsp3) is 0.490. The van der Waals surface area contributed by atoms with Gasteiger partial charge in [-0.2, -0.15) is 0 Å². The second-order valence-electron chi connectivity index (χ2n) is 17.9. The van der Waals surface area contributed by atoms with Gasteiger partial charge in [0.05, 0.1) is 60.9 Å². The highest BCUT2D eigenvalue weighted by molar-refractivity contribution is 7.91. The fourth-order valence-electron chi connectivity index (χ4n) is 8.78. The van der Waals surface area contributed by atoms with E-state index < -0.39 is 31.5 Å². The standard InChI is InChI=1S/C51H65Cl3N4O11S2/c1-36-24-39(52)27-43-45(36)30-57(2)31-46(43)37-8-4-10-41(25-37)70(61,62)22-6-14-65-18-20-67-16-12-55-50(59)34-69-35-51(60)56-13-17-68-21-19-66-15-7-23-71(63,64)42-11-5-9-38(26-42)47-32-58(3)33-48-44(47)28-40(53)29-49(48)54/h4-5,8-11,24-29,46-47H,6-7,12-23,30-35H2,1-3H3,(H,55,59)(H,56,60). The number of likely N-dealkylation sites (N-methyl/N-ethyl adjacent to an activating group) is 2. The van der Waals surface area contributed by atoms with E-state index in [0.29, 0.717) is 45.9 Å². The Bertz CT molecular complexity index is 2480. The number of nitrogens with zero attached hydrogens (tertiary/aromatic N) is 2. The molecule has 0 saturated heterocycles. The molecule has 0 aliphatic carbocycles. The predicted octanol–water partition coefficient (Wildman–Crippen LogP) is 6.45. The Hall–Kier alpha value is -3.69. The smallest absolute Gasteiger partial charge is 0.246 e. The lowest BCUT2D eigenvalue weighted by atomic mass is 9.83. The molecule has 2 unspecified atom stereocenters. The summed E-state index contributed by atoms with van der Waals surface area (Å²) in [4.78, 5) is 29.1. The van der Waals surface area contributed by atoms with Gasteiger partial charge in [0.1, 0.15) is 13.2 Å². The third-order valence-electron chi connectivity index (χ3n) is 12.3. The molecular formula is C51H65Cl3N4O11S2. The van der Waals surface area contributed by atoms with Crippen molar-refractivity contribution < 1.29 is 50.1 Å². The van der Waals surface area contributed by atoms with Crippen LogP contribution in [0, 0.1) is 6.92 Å². The maximum Gasteiger partial charge on any atom is 0.246 e. The molecule has 2 heterocycles. The summed E-state index contributed by atoms with van der Waals surface area (Å²) in [6.07, 6.45) is 0.643. The van der Waals surface area contributed by atoms with E-state index in [2.05, 4.69) is 34.4 Å². The van der Waals surface area contributed by atoms with Crippen molar-refractivity contribution in [3.8, 4) is 0 Å². The van der Waals surface area contributed by atoms with Gasteiger partial charge in [-0.15, -0.1) is 0 Å². The molecule has 4 aromatic carbocycles. The van der Waals surface area contributed by atoms with E-state index in [1.807, 2.05) is 37.4 Å². The van der Waals surface area contributed by atoms with Crippen molar-refractivity contribution in [1.82, 2.24) is 20.4 Å². The van der Waals surface area contributed by atoms with Crippen LogP contribution in [0.2, 0.25) is 15.1 Å². The van der Waals surface area contributed by atoms with Gasteiger partial charge in [-0.1, -0.05) is 59.1 Å². The molecule has 0 bridgehead atoms. The summed E-state index contributed by atoms with van der Waals surface area (Å²) >= 11 is 19.3. The number of aryl methyl sites for hydroxylation is 1. The average molecular weight is 1080 g/mol. The molecule has 0 fully saturated rings. The molecule has 388 valence electrons. The number of hydrogen-bond donors (Lipinski definition) is 2. The first-order valence-corrected chi connectivity index (χ1v) is 28.2. The number of rotatable bonds is 28. The van der Waals surface area contributed by atoms with Crippen LogP contribution in [0.3, 0.4) is 0 Å². The highest BCUT2D eigenvalue weighted by Gasteiger charge is 2.30. The number of halogens is 3.